The molecule has 0 saturated carbocycles. The molecule has 2 aromatic carbocycles. The van der Waals surface area contributed by atoms with Gasteiger partial charge in [-0.15, -0.1) is 0 Å². The molecule has 0 atom stereocenters. The zero-order valence-electron chi connectivity index (χ0n) is 13.3. The predicted octanol–water partition coefficient (Wildman–Crippen LogP) is 3.92. The zero-order chi connectivity index (χ0) is 17.4. The number of ether oxygens (including phenoxy) is 2. The van der Waals surface area contributed by atoms with Gasteiger partial charge in [-0.3, -0.25) is 4.79 Å². The van der Waals surface area contributed by atoms with Crippen LogP contribution in [0.4, 0.5) is 5.69 Å². The van der Waals surface area contributed by atoms with E-state index in [1.807, 2.05) is 6.92 Å². The summed E-state index contributed by atoms with van der Waals surface area (Å²) in [7, 11) is 0. The average molecular weight is 348 g/mol. The van der Waals surface area contributed by atoms with Crippen LogP contribution in [0.1, 0.15) is 23.7 Å². The van der Waals surface area contributed by atoms with Gasteiger partial charge in [0, 0.05) is 10.7 Å². The van der Waals surface area contributed by atoms with E-state index in [1.54, 1.807) is 48.5 Å². The fourth-order valence-electron chi connectivity index (χ4n) is 1.85. The van der Waals surface area contributed by atoms with Crippen molar-refractivity contribution in [3.8, 4) is 5.75 Å². The highest BCUT2D eigenvalue weighted by atomic mass is 35.5. The Morgan fingerprint density at radius 1 is 1.04 bits per heavy atom. The number of nitrogens with one attached hydrogen (secondary N) is 1. The first-order valence-corrected chi connectivity index (χ1v) is 7.91. The summed E-state index contributed by atoms with van der Waals surface area (Å²) in [6.45, 7) is 2.27. The number of carbonyl (C=O) groups is 2. The lowest BCUT2D eigenvalue weighted by Crippen LogP contribution is -2.20. The largest absolute Gasteiger partial charge is 0.494 e. The zero-order valence-corrected chi connectivity index (χ0v) is 14.0. The molecule has 0 aliphatic heterocycles. The van der Waals surface area contributed by atoms with Gasteiger partial charge in [-0.05, 0) is 55.0 Å². The van der Waals surface area contributed by atoms with Gasteiger partial charge in [0.15, 0.2) is 6.61 Å². The molecule has 126 valence electrons. The Morgan fingerprint density at radius 2 is 1.71 bits per heavy atom. The van der Waals surface area contributed by atoms with E-state index < -0.39 is 11.9 Å². The third-order valence-corrected chi connectivity index (χ3v) is 3.28. The van der Waals surface area contributed by atoms with Crippen LogP contribution in [-0.4, -0.2) is 25.1 Å². The summed E-state index contributed by atoms with van der Waals surface area (Å²) >= 11 is 5.77. The molecule has 1 amide bonds. The number of carbonyl (C=O) groups excluding carboxylic acids is 2. The predicted molar refractivity (Wildman–Crippen MR) is 92.6 cm³/mol. The van der Waals surface area contributed by atoms with Gasteiger partial charge in [-0.1, -0.05) is 18.5 Å². The summed E-state index contributed by atoms with van der Waals surface area (Å²) in [6.07, 6.45) is 0.909. The molecule has 0 radical (unpaired) electrons. The van der Waals surface area contributed by atoms with Gasteiger partial charge in [0.05, 0.1) is 12.2 Å². The minimum atomic E-state index is -0.566. The van der Waals surface area contributed by atoms with E-state index in [0.717, 1.165) is 6.42 Å². The van der Waals surface area contributed by atoms with E-state index in [0.29, 0.717) is 28.6 Å². The van der Waals surface area contributed by atoms with Crippen LogP contribution in [0, 0.1) is 0 Å². The highest BCUT2D eigenvalue weighted by Crippen LogP contribution is 2.14. The van der Waals surface area contributed by atoms with Crippen LogP contribution in [0.15, 0.2) is 48.5 Å². The average Bonchev–Trinajstić information content (AvgIpc) is 2.60. The number of benzene rings is 2. The Labute approximate surface area is 145 Å². The maximum absolute atomic E-state index is 11.9. The summed E-state index contributed by atoms with van der Waals surface area (Å²) in [5.74, 6) is -0.300. The van der Waals surface area contributed by atoms with Crippen LogP contribution in [0.2, 0.25) is 5.02 Å². The van der Waals surface area contributed by atoms with Gasteiger partial charge >= 0.3 is 5.97 Å². The number of anilines is 1. The van der Waals surface area contributed by atoms with E-state index >= 15 is 0 Å². The molecule has 24 heavy (non-hydrogen) atoms. The molecule has 2 aromatic rings. The van der Waals surface area contributed by atoms with Gasteiger partial charge in [0.25, 0.3) is 5.91 Å². The lowest BCUT2D eigenvalue weighted by Gasteiger charge is -2.08. The maximum Gasteiger partial charge on any atom is 0.338 e. The lowest BCUT2D eigenvalue weighted by molar-refractivity contribution is -0.119. The Bertz CT molecular complexity index is 683. The van der Waals surface area contributed by atoms with Crippen molar-refractivity contribution in [2.45, 2.75) is 13.3 Å². The van der Waals surface area contributed by atoms with Gasteiger partial charge in [-0.2, -0.15) is 0 Å². The number of amides is 1. The Hall–Kier alpha value is -2.53. The van der Waals surface area contributed by atoms with Crippen molar-refractivity contribution in [1.29, 1.82) is 0 Å². The summed E-state index contributed by atoms with van der Waals surface area (Å²) in [5, 5.41) is 3.19. The first kappa shape index (κ1) is 17.8. The second-order valence-corrected chi connectivity index (χ2v) is 5.44. The second kappa shape index (κ2) is 8.93. The molecule has 0 saturated heterocycles. The third-order valence-electron chi connectivity index (χ3n) is 3.03. The first-order valence-electron chi connectivity index (χ1n) is 7.54. The second-order valence-electron chi connectivity index (χ2n) is 5.00. The van der Waals surface area contributed by atoms with Crippen molar-refractivity contribution < 1.29 is 19.1 Å². The normalized spacial score (nSPS) is 10.1. The molecule has 2 rings (SSSR count). The number of esters is 1. The number of hydrogen-bond acceptors (Lipinski definition) is 4. The highest BCUT2D eigenvalue weighted by Gasteiger charge is 2.10. The minimum Gasteiger partial charge on any atom is -0.494 e. The van der Waals surface area contributed by atoms with Gasteiger partial charge in [0.1, 0.15) is 5.75 Å². The standard InChI is InChI=1S/C18H18ClNO4/c1-2-11-23-16-9-3-13(4-10-16)18(22)24-12-17(21)20-15-7-5-14(19)6-8-15/h3-10H,2,11-12H2,1H3,(H,20,21). The van der Waals surface area contributed by atoms with Crippen molar-refractivity contribution in [3.05, 3.63) is 59.1 Å². The lowest BCUT2D eigenvalue weighted by atomic mass is 10.2. The summed E-state index contributed by atoms with van der Waals surface area (Å²) in [5.41, 5.74) is 0.941. The molecule has 0 aromatic heterocycles. The molecule has 0 unspecified atom stereocenters. The topological polar surface area (TPSA) is 64.6 Å². The van der Waals surface area contributed by atoms with E-state index in [4.69, 9.17) is 21.1 Å². The molecular weight excluding hydrogens is 330 g/mol. The van der Waals surface area contributed by atoms with Crippen molar-refractivity contribution >= 4 is 29.2 Å². The number of hydrogen-bond donors (Lipinski definition) is 1. The number of rotatable bonds is 7. The smallest absolute Gasteiger partial charge is 0.338 e. The molecule has 0 bridgehead atoms. The van der Waals surface area contributed by atoms with Gasteiger partial charge < -0.3 is 14.8 Å². The van der Waals surface area contributed by atoms with E-state index in [-0.39, 0.29) is 6.61 Å². The monoisotopic (exact) mass is 347 g/mol. The summed E-state index contributed by atoms with van der Waals surface area (Å²) in [6, 6.07) is 13.2. The van der Waals surface area contributed by atoms with Crippen LogP contribution in [0.5, 0.6) is 5.75 Å². The molecule has 5 nitrogen and oxygen atoms in total. The van der Waals surface area contributed by atoms with Crippen molar-refractivity contribution in [2.24, 2.45) is 0 Å². The van der Waals surface area contributed by atoms with Crippen LogP contribution in [0.25, 0.3) is 0 Å². The minimum absolute atomic E-state index is 0.359. The van der Waals surface area contributed by atoms with Crippen LogP contribution in [-0.2, 0) is 9.53 Å². The van der Waals surface area contributed by atoms with E-state index in [1.165, 1.54) is 0 Å². The fraction of sp³-hybridized carbons (Fsp3) is 0.222. The van der Waals surface area contributed by atoms with Crippen LogP contribution in [0.3, 0.4) is 0 Å². The molecule has 0 aliphatic rings. The highest BCUT2D eigenvalue weighted by molar-refractivity contribution is 6.30. The summed E-state index contributed by atoms with van der Waals surface area (Å²) < 4.78 is 10.4. The van der Waals surface area contributed by atoms with E-state index in [2.05, 4.69) is 5.32 Å². The molecule has 0 aliphatic carbocycles. The molecule has 0 spiro atoms. The van der Waals surface area contributed by atoms with Crippen molar-refractivity contribution in [2.75, 3.05) is 18.5 Å². The van der Waals surface area contributed by atoms with Crippen LogP contribution >= 0.6 is 11.6 Å². The third kappa shape index (κ3) is 5.59. The SMILES string of the molecule is CCCOc1ccc(C(=O)OCC(=O)Nc2ccc(Cl)cc2)cc1. The van der Waals surface area contributed by atoms with E-state index in [9.17, 15) is 9.59 Å². The maximum atomic E-state index is 11.9. The van der Waals surface area contributed by atoms with Gasteiger partial charge in [-0.25, -0.2) is 4.79 Å². The Kier molecular flexibility index (Phi) is 6.63. The quantitative estimate of drug-likeness (QED) is 0.771. The molecule has 6 heteroatoms. The van der Waals surface area contributed by atoms with Crippen molar-refractivity contribution in [3.63, 3.8) is 0 Å². The fourth-order valence-corrected chi connectivity index (χ4v) is 1.98. The molecular formula is C18H18ClNO4. The Morgan fingerprint density at radius 3 is 2.33 bits per heavy atom. The number of halogens is 1. The van der Waals surface area contributed by atoms with Crippen LogP contribution < -0.4 is 10.1 Å². The Balaban J connectivity index is 1.81. The summed E-state index contributed by atoms with van der Waals surface area (Å²) in [4.78, 5) is 23.7. The first-order chi connectivity index (χ1) is 11.6. The molecule has 0 fully saturated rings. The van der Waals surface area contributed by atoms with Crippen molar-refractivity contribution in [1.82, 2.24) is 0 Å². The molecule has 1 N–H and O–H groups in total. The molecule has 0 heterocycles. The van der Waals surface area contributed by atoms with Gasteiger partial charge in [0.2, 0.25) is 0 Å².